The summed E-state index contributed by atoms with van der Waals surface area (Å²) in [6.45, 7) is 0. The van der Waals surface area contributed by atoms with Crippen LogP contribution in [0.2, 0.25) is 10.0 Å². The van der Waals surface area contributed by atoms with Gasteiger partial charge in [-0.2, -0.15) is 0 Å². The van der Waals surface area contributed by atoms with Crippen LogP contribution in [0.4, 0.5) is 10.1 Å². The molecule has 4 rings (SSSR count). The smallest absolute Gasteiger partial charge is 0.285 e. The molecule has 1 aliphatic carbocycles. The van der Waals surface area contributed by atoms with Crippen molar-refractivity contribution in [3.8, 4) is 5.69 Å². The van der Waals surface area contributed by atoms with Crippen LogP contribution in [0.15, 0.2) is 53.8 Å². The quantitative estimate of drug-likeness (QED) is 0.569. The van der Waals surface area contributed by atoms with Crippen molar-refractivity contribution >= 4 is 44.8 Å². The number of hydrogen-bond donors (Lipinski definition) is 2. The fourth-order valence-corrected chi connectivity index (χ4v) is 4.54. The van der Waals surface area contributed by atoms with E-state index in [2.05, 4.69) is 10.3 Å². The molecule has 0 radical (unpaired) electrons. The lowest BCUT2D eigenvalue weighted by Gasteiger charge is -2.13. The fourth-order valence-electron chi connectivity index (χ4n) is 2.84. The molecule has 1 fully saturated rings. The summed E-state index contributed by atoms with van der Waals surface area (Å²) in [5.74, 6) is -1.96. The number of imidazole rings is 1. The van der Waals surface area contributed by atoms with Crippen molar-refractivity contribution in [1.29, 1.82) is 0 Å². The first-order chi connectivity index (χ1) is 14.2. The summed E-state index contributed by atoms with van der Waals surface area (Å²) in [4.78, 5) is 15.8. The molecule has 0 bridgehead atoms. The Kier molecular flexibility index (Phi) is 5.44. The molecule has 1 heterocycles. The number of nitrogens with one attached hydrogen (secondary N) is 2. The third kappa shape index (κ3) is 4.43. The summed E-state index contributed by atoms with van der Waals surface area (Å²) in [6.07, 6.45) is 4.37. The molecular weight excluding hydrogens is 454 g/mol. The molecule has 1 aromatic heterocycles. The summed E-state index contributed by atoms with van der Waals surface area (Å²) in [7, 11) is -4.48. The van der Waals surface area contributed by atoms with Crippen molar-refractivity contribution < 1.29 is 17.6 Å². The summed E-state index contributed by atoms with van der Waals surface area (Å²) in [6, 6.07) is 8.72. The van der Waals surface area contributed by atoms with E-state index >= 15 is 0 Å². The van der Waals surface area contributed by atoms with Crippen molar-refractivity contribution in [2.24, 2.45) is 0 Å². The Bertz CT molecular complexity index is 1220. The molecule has 0 unspecified atom stereocenters. The second-order valence-electron chi connectivity index (χ2n) is 6.76. The molecule has 1 saturated carbocycles. The molecule has 0 saturated heterocycles. The van der Waals surface area contributed by atoms with Gasteiger partial charge in [-0.3, -0.25) is 4.79 Å². The molecule has 2 N–H and O–H groups in total. The molecule has 30 heavy (non-hydrogen) atoms. The van der Waals surface area contributed by atoms with Crippen LogP contribution in [-0.2, 0) is 10.0 Å². The molecule has 0 spiro atoms. The van der Waals surface area contributed by atoms with Crippen LogP contribution in [-0.4, -0.2) is 29.9 Å². The van der Waals surface area contributed by atoms with Gasteiger partial charge in [0.25, 0.3) is 15.9 Å². The highest BCUT2D eigenvalue weighted by Gasteiger charge is 2.29. The highest BCUT2D eigenvalue weighted by Crippen LogP contribution is 2.30. The van der Waals surface area contributed by atoms with E-state index in [1.165, 1.54) is 29.2 Å². The second kappa shape index (κ2) is 7.90. The number of carbonyl (C=O) groups excluding carboxylic acids is 1. The maximum Gasteiger partial charge on any atom is 0.285 e. The van der Waals surface area contributed by atoms with Gasteiger partial charge in [-0.15, -0.1) is 0 Å². The number of hydrogen-bond acceptors (Lipinski definition) is 5. The van der Waals surface area contributed by atoms with Gasteiger partial charge in [0.15, 0.2) is 0 Å². The number of aromatic nitrogens is 2. The van der Waals surface area contributed by atoms with E-state index in [4.69, 9.17) is 23.2 Å². The van der Waals surface area contributed by atoms with E-state index in [9.17, 15) is 17.6 Å². The van der Waals surface area contributed by atoms with Gasteiger partial charge in [0, 0.05) is 28.0 Å². The summed E-state index contributed by atoms with van der Waals surface area (Å²) < 4.78 is 43.2. The molecule has 7 nitrogen and oxygen atoms in total. The van der Waals surface area contributed by atoms with E-state index in [0.717, 1.165) is 18.9 Å². The van der Waals surface area contributed by atoms with E-state index in [-0.39, 0.29) is 17.4 Å². The SMILES string of the molecule is O=C(NS(=O)(=O)c1c(F)cccc1NC1CC1)c1cn(-c2cc(Cl)cc(Cl)c2)cn1. The third-order valence-corrected chi connectivity index (χ3v) is 6.20. The Morgan fingerprint density at radius 3 is 2.53 bits per heavy atom. The lowest BCUT2D eigenvalue weighted by molar-refractivity contribution is 0.0977. The average Bonchev–Trinajstić information content (AvgIpc) is 3.31. The van der Waals surface area contributed by atoms with Gasteiger partial charge in [-0.25, -0.2) is 22.5 Å². The number of halogens is 3. The van der Waals surface area contributed by atoms with E-state index in [0.29, 0.717) is 15.7 Å². The third-order valence-electron chi connectivity index (χ3n) is 4.36. The molecular formula is C19H15Cl2FN4O3S. The van der Waals surface area contributed by atoms with Crippen LogP contribution in [0.5, 0.6) is 0 Å². The van der Waals surface area contributed by atoms with Crippen molar-refractivity contribution in [3.63, 3.8) is 0 Å². The first-order valence-electron chi connectivity index (χ1n) is 8.85. The zero-order chi connectivity index (χ0) is 21.5. The van der Waals surface area contributed by atoms with Gasteiger partial charge in [-0.05, 0) is 43.2 Å². The first-order valence-corrected chi connectivity index (χ1v) is 11.1. The lowest BCUT2D eigenvalue weighted by atomic mass is 10.3. The van der Waals surface area contributed by atoms with Gasteiger partial charge >= 0.3 is 0 Å². The van der Waals surface area contributed by atoms with Crippen molar-refractivity contribution in [3.05, 3.63) is 70.5 Å². The predicted molar refractivity (Wildman–Crippen MR) is 111 cm³/mol. The van der Waals surface area contributed by atoms with Crippen molar-refractivity contribution in [2.45, 2.75) is 23.8 Å². The van der Waals surface area contributed by atoms with Gasteiger partial charge in [-0.1, -0.05) is 29.3 Å². The first kappa shape index (κ1) is 20.6. The van der Waals surface area contributed by atoms with Gasteiger partial charge in [0.2, 0.25) is 0 Å². The van der Waals surface area contributed by atoms with E-state index < -0.39 is 26.6 Å². The minimum Gasteiger partial charge on any atom is -0.381 e. The Morgan fingerprint density at radius 1 is 1.17 bits per heavy atom. The number of benzene rings is 2. The van der Waals surface area contributed by atoms with Crippen LogP contribution in [0.3, 0.4) is 0 Å². The zero-order valence-electron chi connectivity index (χ0n) is 15.3. The fraction of sp³-hybridized carbons (Fsp3) is 0.158. The Morgan fingerprint density at radius 2 is 1.87 bits per heavy atom. The summed E-state index contributed by atoms with van der Waals surface area (Å²) in [5, 5.41) is 3.73. The van der Waals surface area contributed by atoms with Crippen molar-refractivity contribution in [1.82, 2.24) is 14.3 Å². The molecule has 156 valence electrons. The number of amides is 1. The number of nitrogens with zero attached hydrogens (tertiary/aromatic N) is 2. The predicted octanol–water partition coefficient (Wildman–Crippen LogP) is 4.01. The molecule has 0 aliphatic heterocycles. The second-order valence-corrected chi connectivity index (χ2v) is 9.26. The highest BCUT2D eigenvalue weighted by atomic mass is 35.5. The van der Waals surface area contributed by atoms with Crippen LogP contribution in [0.25, 0.3) is 5.69 Å². The topological polar surface area (TPSA) is 93.1 Å². The Hall–Kier alpha value is -2.62. The lowest BCUT2D eigenvalue weighted by Crippen LogP contribution is -2.32. The van der Waals surface area contributed by atoms with Crippen LogP contribution in [0, 0.1) is 5.82 Å². The normalized spacial score (nSPS) is 13.8. The zero-order valence-corrected chi connectivity index (χ0v) is 17.6. The Labute approximate surface area is 181 Å². The number of anilines is 1. The maximum atomic E-state index is 14.4. The molecule has 0 atom stereocenters. The molecule has 3 aromatic rings. The molecule has 2 aromatic carbocycles. The number of rotatable bonds is 6. The van der Waals surface area contributed by atoms with E-state index in [1.807, 2.05) is 4.72 Å². The summed E-state index contributed by atoms with van der Waals surface area (Å²) >= 11 is 12.0. The highest BCUT2D eigenvalue weighted by molar-refractivity contribution is 7.90. The van der Waals surface area contributed by atoms with Crippen LogP contribution in [0.1, 0.15) is 23.3 Å². The van der Waals surface area contributed by atoms with Crippen LogP contribution < -0.4 is 10.0 Å². The number of carbonyl (C=O) groups is 1. The Balaban J connectivity index is 1.59. The van der Waals surface area contributed by atoms with E-state index in [1.54, 1.807) is 18.2 Å². The largest absolute Gasteiger partial charge is 0.381 e. The molecule has 11 heteroatoms. The molecule has 1 amide bonds. The minimum absolute atomic E-state index is 0.0941. The summed E-state index contributed by atoms with van der Waals surface area (Å²) in [5.41, 5.74) is 0.464. The average molecular weight is 469 g/mol. The van der Waals surface area contributed by atoms with Gasteiger partial charge < -0.3 is 9.88 Å². The molecule has 1 aliphatic rings. The van der Waals surface area contributed by atoms with Crippen molar-refractivity contribution in [2.75, 3.05) is 5.32 Å². The monoisotopic (exact) mass is 468 g/mol. The van der Waals surface area contributed by atoms with Crippen LogP contribution >= 0.6 is 23.2 Å². The number of sulfonamides is 1. The standard InChI is InChI=1S/C19H15Cl2FN4O3S/c20-11-6-12(21)8-14(7-11)26-9-17(23-10-26)19(27)25-30(28,29)18-15(22)2-1-3-16(18)24-13-4-5-13/h1-3,6-10,13,24H,4-5H2,(H,25,27). The van der Waals surface area contributed by atoms with Gasteiger partial charge in [0.1, 0.15) is 22.7 Å². The maximum absolute atomic E-state index is 14.4. The van der Waals surface area contributed by atoms with Gasteiger partial charge in [0.05, 0.1) is 5.69 Å². The minimum atomic E-state index is -4.48.